The maximum absolute atomic E-state index is 13.2. The van der Waals surface area contributed by atoms with E-state index in [1.54, 1.807) is 13.0 Å². The summed E-state index contributed by atoms with van der Waals surface area (Å²) < 4.78 is 11.4. The average Bonchev–Trinajstić information content (AvgIpc) is 3.61. The van der Waals surface area contributed by atoms with E-state index in [0.717, 1.165) is 40.7 Å². The van der Waals surface area contributed by atoms with Crippen molar-refractivity contribution < 1.29 is 29.0 Å². The minimum absolute atomic E-state index is 0.0791. The molecule has 0 bridgehead atoms. The Labute approximate surface area is 227 Å². The second-order valence-corrected chi connectivity index (χ2v) is 12.0. The van der Waals surface area contributed by atoms with Gasteiger partial charge in [0.15, 0.2) is 5.78 Å². The SMILES string of the molecule is CC1=C2C(=CC(C)(C)[C@@H]2OC(=O)CNC(=O)OCC2c3ccccc3-c3ccccc32)C(=O)[C@](C)(O)C12CC2. The van der Waals surface area contributed by atoms with Crippen LogP contribution in [0.15, 0.2) is 71.3 Å². The number of alkyl carbamates (subject to hydrolysis) is 1. The predicted octanol–water partition coefficient (Wildman–Crippen LogP) is 4.83. The first kappa shape index (κ1) is 25.6. The molecule has 39 heavy (non-hydrogen) atoms. The number of ketones is 1. The molecule has 0 radical (unpaired) electrons. The van der Waals surface area contributed by atoms with Crippen molar-refractivity contribution in [3.63, 3.8) is 0 Å². The van der Waals surface area contributed by atoms with Gasteiger partial charge in [-0.15, -0.1) is 0 Å². The van der Waals surface area contributed by atoms with Gasteiger partial charge in [0, 0.05) is 27.9 Å². The Morgan fingerprint density at radius 3 is 2.18 bits per heavy atom. The van der Waals surface area contributed by atoms with Crippen molar-refractivity contribution in [2.75, 3.05) is 13.2 Å². The van der Waals surface area contributed by atoms with Crippen LogP contribution in [-0.4, -0.2) is 47.8 Å². The number of Topliss-reactive ketones (excluding diaryl/α,β-unsaturated/α-hetero) is 1. The number of nitrogens with one attached hydrogen (secondary N) is 1. The molecule has 2 aromatic rings. The first-order chi connectivity index (χ1) is 18.5. The lowest BCUT2D eigenvalue weighted by atomic mass is 9.67. The van der Waals surface area contributed by atoms with Crippen LogP contribution in [0.25, 0.3) is 11.1 Å². The maximum Gasteiger partial charge on any atom is 0.407 e. The molecular formula is C32H33NO6. The number of rotatable bonds is 5. The molecule has 7 nitrogen and oxygen atoms in total. The molecule has 0 saturated heterocycles. The Morgan fingerprint density at radius 2 is 1.59 bits per heavy atom. The summed E-state index contributed by atoms with van der Waals surface area (Å²) in [6.45, 7) is 7.10. The van der Waals surface area contributed by atoms with Gasteiger partial charge in [-0.2, -0.15) is 0 Å². The second-order valence-electron chi connectivity index (χ2n) is 12.0. The van der Waals surface area contributed by atoms with Crippen LogP contribution in [-0.2, 0) is 19.1 Å². The first-order valence-electron chi connectivity index (χ1n) is 13.5. The summed E-state index contributed by atoms with van der Waals surface area (Å²) >= 11 is 0. The van der Waals surface area contributed by atoms with Gasteiger partial charge < -0.3 is 19.9 Å². The molecule has 0 aliphatic heterocycles. The Morgan fingerprint density at radius 1 is 1.00 bits per heavy atom. The van der Waals surface area contributed by atoms with Crippen molar-refractivity contribution in [1.29, 1.82) is 0 Å². The topological polar surface area (TPSA) is 102 Å². The van der Waals surface area contributed by atoms with Crippen LogP contribution >= 0.6 is 0 Å². The van der Waals surface area contributed by atoms with Gasteiger partial charge in [-0.3, -0.25) is 9.59 Å². The van der Waals surface area contributed by atoms with Crippen LogP contribution in [0.5, 0.6) is 0 Å². The quantitative estimate of drug-likeness (QED) is 0.540. The zero-order chi connectivity index (χ0) is 27.7. The molecule has 2 N–H and O–H groups in total. The van der Waals surface area contributed by atoms with Gasteiger partial charge in [-0.05, 0) is 48.9 Å². The Balaban J connectivity index is 1.10. The lowest BCUT2D eigenvalue weighted by Crippen LogP contribution is -2.50. The summed E-state index contributed by atoms with van der Waals surface area (Å²) in [5.41, 5.74) is 3.83. The van der Waals surface area contributed by atoms with Crippen molar-refractivity contribution in [1.82, 2.24) is 5.32 Å². The van der Waals surface area contributed by atoms with Crippen LogP contribution in [0, 0.1) is 10.8 Å². The van der Waals surface area contributed by atoms with E-state index in [-0.39, 0.29) is 24.9 Å². The van der Waals surface area contributed by atoms with Crippen LogP contribution in [0.2, 0.25) is 0 Å². The van der Waals surface area contributed by atoms with Crippen LogP contribution in [0.4, 0.5) is 4.79 Å². The summed E-state index contributed by atoms with van der Waals surface area (Å²) in [6, 6.07) is 16.2. The van der Waals surface area contributed by atoms with E-state index in [0.29, 0.717) is 11.1 Å². The number of ether oxygens (including phenoxy) is 2. The van der Waals surface area contributed by atoms with Crippen molar-refractivity contribution in [2.45, 2.75) is 58.2 Å². The molecule has 0 aromatic heterocycles. The van der Waals surface area contributed by atoms with E-state index in [2.05, 4.69) is 17.4 Å². The normalized spacial score (nSPS) is 25.5. The minimum atomic E-state index is -1.47. The lowest BCUT2D eigenvalue weighted by Gasteiger charge is -2.40. The van der Waals surface area contributed by atoms with Gasteiger partial charge >= 0.3 is 12.1 Å². The van der Waals surface area contributed by atoms with Gasteiger partial charge in [0.05, 0.1) is 0 Å². The highest BCUT2D eigenvalue weighted by Gasteiger charge is 2.66. The summed E-state index contributed by atoms with van der Waals surface area (Å²) in [4.78, 5) is 38.7. The number of amides is 1. The molecule has 7 heteroatoms. The van der Waals surface area contributed by atoms with E-state index in [1.807, 2.05) is 57.2 Å². The second kappa shape index (κ2) is 8.65. The molecule has 1 spiro atoms. The highest BCUT2D eigenvalue weighted by Crippen LogP contribution is 2.65. The fourth-order valence-electron chi connectivity index (χ4n) is 6.89. The van der Waals surface area contributed by atoms with Crippen LogP contribution in [0.3, 0.4) is 0 Å². The van der Waals surface area contributed by atoms with E-state index < -0.39 is 34.6 Å². The Hall–Kier alpha value is -3.71. The summed E-state index contributed by atoms with van der Waals surface area (Å²) in [6.07, 6.45) is 1.86. The van der Waals surface area contributed by atoms with Gasteiger partial charge in [-0.1, -0.05) is 74.0 Å². The van der Waals surface area contributed by atoms with Crippen molar-refractivity contribution in [3.05, 3.63) is 82.5 Å². The van der Waals surface area contributed by atoms with Gasteiger partial charge in [0.25, 0.3) is 0 Å². The monoisotopic (exact) mass is 527 g/mol. The number of aliphatic hydroxyl groups is 1. The lowest BCUT2D eigenvalue weighted by molar-refractivity contribution is -0.150. The minimum Gasteiger partial charge on any atom is -0.455 e. The summed E-state index contributed by atoms with van der Waals surface area (Å²) in [5.74, 6) is -1.01. The molecule has 1 amide bonds. The molecule has 202 valence electrons. The maximum atomic E-state index is 13.2. The first-order valence-corrected chi connectivity index (χ1v) is 13.5. The molecule has 4 aliphatic rings. The van der Waals surface area contributed by atoms with E-state index in [9.17, 15) is 19.5 Å². The number of esters is 1. The standard InChI is InChI=1S/C32H33NO6/c1-18-26-23(27(35)31(4,37)32(18)13-14-32)15-30(2,3)28(26)39-25(34)16-33-29(36)38-17-24-21-11-7-5-9-19(21)20-10-6-8-12-22(20)24/h5-12,15,24,28,37H,13-14,16-17H2,1-4H3,(H,33,36)/t28-,31+/m1/s1. The van der Waals surface area contributed by atoms with E-state index in [4.69, 9.17) is 9.47 Å². The average molecular weight is 528 g/mol. The molecule has 0 heterocycles. The van der Waals surface area contributed by atoms with Gasteiger partial charge in [0.1, 0.15) is 24.9 Å². The van der Waals surface area contributed by atoms with Gasteiger partial charge in [0.2, 0.25) is 0 Å². The molecule has 4 aliphatic carbocycles. The fraction of sp³-hybridized carbons (Fsp3) is 0.406. The van der Waals surface area contributed by atoms with Crippen LogP contribution in [0.1, 0.15) is 57.6 Å². The third-order valence-corrected chi connectivity index (χ3v) is 9.20. The summed E-state index contributed by atoms with van der Waals surface area (Å²) in [5, 5.41) is 13.6. The van der Waals surface area contributed by atoms with Crippen LogP contribution < -0.4 is 5.32 Å². The number of carbonyl (C=O) groups excluding carboxylic acids is 3. The Bertz CT molecular complexity index is 1430. The fourth-order valence-corrected chi connectivity index (χ4v) is 6.89. The highest BCUT2D eigenvalue weighted by molar-refractivity contribution is 6.09. The number of fused-ring (bicyclic) bond motifs is 4. The molecular weight excluding hydrogens is 494 g/mol. The molecule has 1 saturated carbocycles. The molecule has 1 fully saturated rings. The highest BCUT2D eigenvalue weighted by atomic mass is 16.6. The number of carbonyl (C=O) groups is 3. The van der Waals surface area contributed by atoms with Crippen molar-refractivity contribution >= 4 is 17.8 Å². The third kappa shape index (κ3) is 3.78. The smallest absolute Gasteiger partial charge is 0.407 e. The molecule has 2 atom stereocenters. The number of hydrogen-bond acceptors (Lipinski definition) is 6. The number of benzene rings is 2. The summed E-state index contributed by atoms with van der Waals surface area (Å²) in [7, 11) is 0. The Kier molecular flexibility index (Phi) is 5.67. The van der Waals surface area contributed by atoms with Crippen molar-refractivity contribution in [3.8, 4) is 11.1 Å². The largest absolute Gasteiger partial charge is 0.455 e. The van der Waals surface area contributed by atoms with Gasteiger partial charge in [-0.25, -0.2) is 4.79 Å². The molecule has 2 aromatic carbocycles. The predicted molar refractivity (Wildman–Crippen MR) is 145 cm³/mol. The zero-order valence-corrected chi connectivity index (χ0v) is 22.7. The van der Waals surface area contributed by atoms with E-state index >= 15 is 0 Å². The zero-order valence-electron chi connectivity index (χ0n) is 22.7. The van der Waals surface area contributed by atoms with Crippen molar-refractivity contribution in [2.24, 2.45) is 10.8 Å². The van der Waals surface area contributed by atoms with E-state index in [1.165, 1.54) is 0 Å². The molecule has 6 rings (SSSR count). The molecule has 0 unspecified atom stereocenters. The number of hydrogen-bond donors (Lipinski definition) is 2. The third-order valence-electron chi connectivity index (χ3n) is 9.20.